The standard InChI is InChI=1S/C21H15ClN6/c22-17-7-3-1-5-15(17)13-24-21-25-18-8-4-2-6-16(18)20-26-19(27-28(20)21)14-9-11-23-12-10-14/h1-12H,13H2,(H,24,25). The molecule has 0 aliphatic rings. The Balaban J connectivity index is 1.64. The SMILES string of the molecule is Clc1ccccc1CNc1nc2ccccc2c2nc(-c3ccncc3)nn12. The number of halogens is 1. The third-order valence-corrected chi connectivity index (χ3v) is 4.88. The molecule has 0 atom stereocenters. The maximum Gasteiger partial charge on any atom is 0.226 e. The second-order valence-corrected chi connectivity index (χ2v) is 6.71. The van der Waals surface area contributed by atoms with Crippen LogP contribution in [0.4, 0.5) is 5.95 Å². The number of fused-ring (bicyclic) bond motifs is 3. The van der Waals surface area contributed by atoms with E-state index in [0.29, 0.717) is 23.3 Å². The van der Waals surface area contributed by atoms with E-state index in [9.17, 15) is 0 Å². The van der Waals surface area contributed by atoms with E-state index >= 15 is 0 Å². The fourth-order valence-corrected chi connectivity index (χ4v) is 3.31. The minimum Gasteiger partial charge on any atom is -0.350 e. The van der Waals surface area contributed by atoms with Crippen LogP contribution in [0.25, 0.3) is 27.9 Å². The van der Waals surface area contributed by atoms with E-state index in [1.165, 1.54) is 0 Å². The Morgan fingerprint density at radius 2 is 1.68 bits per heavy atom. The van der Waals surface area contributed by atoms with Crippen LogP contribution in [-0.4, -0.2) is 24.6 Å². The summed E-state index contributed by atoms with van der Waals surface area (Å²) in [6.45, 7) is 0.532. The first-order valence-corrected chi connectivity index (χ1v) is 9.20. The predicted molar refractivity (Wildman–Crippen MR) is 110 cm³/mol. The van der Waals surface area contributed by atoms with Crippen molar-refractivity contribution < 1.29 is 0 Å². The van der Waals surface area contributed by atoms with E-state index in [4.69, 9.17) is 21.6 Å². The van der Waals surface area contributed by atoms with E-state index in [1.807, 2.05) is 60.7 Å². The third kappa shape index (κ3) is 2.93. The Morgan fingerprint density at radius 1 is 0.893 bits per heavy atom. The van der Waals surface area contributed by atoms with Gasteiger partial charge >= 0.3 is 0 Å². The van der Waals surface area contributed by atoms with E-state index in [-0.39, 0.29) is 0 Å². The minimum absolute atomic E-state index is 0.532. The van der Waals surface area contributed by atoms with E-state index in [2.05, 4.69) is 15.4 Å². The highest BCUT2D eigenvalue weighted by atomic mass is 35.5. The molecule has 7 heteroatoms. The van der Waals surface area contributed by atoms with Crippen LogP contribution in [0.2, 0.25) is 5.02 Å². The zero-order valence-electron chi connectivity index (χ0n) is 14.7. The van der Waals surface area contributed by atoms with Crippen molar-refractivity contribution in [2.45, 2.75) is 6.54 Å². The quantitative estimate of drug-likeness (QED) is 0.488. The van der Waals surface area contributed by atoms with E-state index in [1.54, 1.807) is 16.9 Å². The molecule has 28 heavy (non-hydrogen) atoms. The number of pyridine rings is 1. The first-order chi connectivity index (χ1) is 13.8. The van der Waals surface area contributed by atoms with Gasteiger partial charge in [-0.3, -0.25) is 4.98 Å². The van der Waals surface area contributed by atoms with Crippen molar-refractivity contribution in [3.05, 3.63) is 83.6 Å². The normalized spacial score (nSPS) is 11.2. The van der Waals surface area contributed by atoms with Crippen molar-refractivity contribution in [3.63, 3.8) is 0 Å². The van der Waals surface area contributed by atoms with Crippen LogP contribution in [0.5, 0.6) is 0 Å². The summed E-state index contributed by atoms with van der Waals surface area (Å²) < 4.78 is 1.74. The van der Waals surface area contributed by atoms with Crippen molar-refractivity contribution in [2.75, 3.05) is 5.32 Å². The molecule has 0 aliphatic carbocycles. The van der Waals surface area contributed by atoms with Gasteiger partial charge in [-0.1, -0.05) is 41.9 Å². The molecule has 0 aliphatic heterocycles. The summed E-state index contributed by atoms with van der Waals surface area (Å²) in [6, 6.07) is 19.4. The fraction of sp³-hybridized carbons (Fsp3) is 0.0476. The van der Waals surface area contributed by atoms with Gasteiger partial charge in [0.1, 0.15) is 0 Å². The largest absolute Gasteiger partial charge is 0.350 e. The molecule has 0 unspecified atom stereocenters. The topological polar surface area (TPSA) is 68.0 Å². The summed E-state index contributed by atoms with van der Waals surface area (Å²) in [5, 5.41) is 9.70. The lowest BCUT2D eigenvalue weighted by Crippen LogP contribution is -2.08. The van der Waals surface area contributed by atoms with Crippen molar-refractivity contribution in [3.8, 4) is 11.4 Å². The highest BCUT2D eigenvalue weighted by Gasteiger charge is 2.14. The van der Waals surface area contributed by atoms with Gasteiger partial charge in [0.25, 0.3) is 0 Å². The Labute approximate surface area is 165 Å². The van der Waals surface area contributed by atoms with Crippen LogP contribution in [0, 0.1) is 0 Å². The average Bonchev–Trinajstić information content (AvgIpc) is 3.20. The Hall–Kier alpha value is -3.51. The summed E-state index contributed by atoms with van der Waals surface area (Å²) in [4.78, 5) is 13.6. The molecule has 0 radical (unpaired) electrons. The summed E-state index contributed by atoms with van der Waals surface area (Å²) in [7, 11) is 0. The first-order valence-electron chi connectivity index (χ1n) is 8.83. The number of rotatable bonds is 4. The number of anilines is 1. The molecule has 6 nitrogen and oxygen atoms in total. The third-order valence-electron chi connectivity index (χ3n) is 4.51. The Bertz CT molecular complexity index is 1280. The zero-order valence-corrected chi connectivity index (χ0v) is 15.5. The second kappa shape index (κ2) is 6.90. The van der Waals surface area contributed by atoms with Crippen LogP contribution in [0.3, 0.4) is 0 Å². The lowest BCUT2D eigenvalue weighted by molar-refractivity contribution is 0.920. The molecule has 1 N–H and O–H groups in total. The number of nitrogens with one attached hydrogen (secondary N) is 1. The molecule has 3 aromatic heterocycles. The summed E-state index contributed by atoms with van der Waals surface area (Å²) in [6.07, 6.45) is 3.46. The molecular weight excluding hydrogens is 372 g/mol. The number of aromatic nitrogens is 5. The fourth-order valence-electron chi connectivity index (χ4n) is 3.11. The van der Waals surface area contributed by atoms with Gasteiger partial charge < -0.3 is 5.32 Å². The monoisotopic (exact) mass is 386 g/mol. The number of hydrogen-bond acceptors (Lipinski definition) is 5. The number of benzene rings is 2. The number of hydrogen-bond donors (Lipinski definition) is 1. The summed E-state index contributed by atoms with van der Waals surface area (Å²) in [5.41, 5.74) is 3.49. The second-order valence-electron chi connectivity index (χ2n) is 6.30. The zero-order chi connectivity index (χ0) is 18.9. The molecule has 136 valence electrons. The van der Waals surface area contributed by atoms with Crippen LogP contribution >= 0.6 is 11.6 Å². The molecule has 2 aromatic carbocycles. The van der Waals surface area contributed by atoms with E-state index < -0.39 is 0 Å². The molecule has 0 amide bonds. The molecule has 0 bridgehead atoms. The van der Waals surface area contributed by atoms with Crippen LogP contribution < -0.4 is 5.32 Å². The number of para-hydroxylation sites is 1. The maximum atomic E-state index is 6.29. The van der Waals surface area contributed by atoms with Crippen LogP contribution in [0.1, 0.15) is 5.56 Å². The van der Waals surface area contributed by atoms with Crippen molar-refractivity contribution in [1.29, 1.82) is 0 Å². The maximum absolute atomic E-state index is 6.29. The molecular formula is C21H15ClN6. The predicted octanol–water partition coefficient (Wildman–Crippen LogP) is 4.61. The molecule has 0 saturated heterocycles. The molecule has 5 aromatic rings. The van der Waals surface area contributed by atoms with Gasteiger partial charge in [0.2, 0.25) is 5.95 Å². The van der Waals surface area contributed by atoms with Gasteiger partial charge in [0.15, 0.2) is 11.5 Å². The van der Waals surface area contributed by atoms with Crippen molar-refractivity contribution in [2.24, 2.45) is 0 Å². The Morgan fingerprint density at radius 3 is 2.54 bits per heavy atom. The van der Waals surface area contributed by atoms with Gasteiger partial charge in [-0.2, -0.15) is 4.52 Å². The number of nitrogens with zero attached hydrogens (tertiary/aromatic N) is 5. The summed E-state index contributed by atoms with van der Waals surface area (Å²) >= 11 is 6.29. The smallest absolute Gasteiger partial charge is 0.226 e. The molecule has 3 heterocycles. The van der Waals surface area contributed by atoms with Crippen molar-refractivity contribution >= 4 is 34.1 Å². The summed E-state index contributed by atoms with van der Waals surface area (Å²) in [5.74, 6) is 1.24. The highest BCUT2D eigenvalue weighted by Crippen LogP contribution is 2.24. The van der Waals surface area contributed by atoms with Gasteiger partial charge in [-0.05, 0) is 35.9 Å². The van der Waals surface area contributed by atoms with Gasteiger partial charge in [0, 0.05) is 34.9 Å². The lowest BCUT2D eigenvalue weighted by atomic mass is 10.2. The van der Waals surface area contributed by atoms with E-state index in [0.717, 1.165) is 27.7 Å². The van der Waals surface area contributed by atoms with Gasteiger partial charge in [-0.15, -0.1) is 5.10 Å². The molecule has 0 fully saturated rings. The Kier molecular flexibility index (Phi) is 4.10. The molecule has 0 saturated carbocycles. The van der Waals surface area contributed by atoms with Crippen LogP contribution in [0.15, 0.2) is 73.1 Å². The lowest BCUT2D eigenvalue weighted by Gasteiger charge is -2.10. The average molecular weight is 387 g/mol. The van der Waals surface area contributed by atoms with Crippen LogP contribution in [-0.2, 0) is 6.54 Å². The van der Waals surface area contributed by atoms with Gasteiger partial charge in [0.05, 0.1) is 5.52 Å². The highest BCUT2D eigenvalue weighted by molar-refractivity contribution is 6.31. The minimum atomic E-state index is 0.532. The van der Waals surface area contributed by atoms with Crippen molar-refractivity contribution in [1.82, 2.24) is 24.6 Å². The molecule has 0 spiro atoms. The first kappa shape index (κ1) is 16.6. The molecule has 5 rings (SSSR count). The van der Waals surface area contributed by atoms with Gasteiger partial charge in [-0.25, -0.2) is 9.97 Å².